The number of rotatable bonds is 1. The van der Waals surface area contributed by atoms with Crippen LogP contribution in [-0.2, 0) is 0 Å². The minimum absolute atomic E-state index is 0.294. The Bertz CT molecular complexity index is 1580. The molecule has 0 atom stereocenters. The standard InChI is InChI=1S/C24H16N4O2/c1-16-7-12-19(13-8-16)28-24(30)27-22(26-28)20-15-18(11-14-21(20)25-23(27)29)10-9-17-5-3-2-4-6-17/h2-8,11-15H,1H3,(H,25,29). The number of aromatic nitrogens is 4. The van der Waals surface area contributed by atoms with Crippen LogP contribution in [0, 0.1) is 18.8 Å². The maximum absolute atomic E-state index is 12.9. The topological polar surface area (TPSA) is 72.2 Å². The van der Waals surface area contributed by atoms with Gasteiger partial charge in [0.15, 0.2) is 5.65 Å². The zero-order chi connectivity index (χ0) is 20.7. The first-order valence-electron chi connectivity index (χ1n) is 9.42. The van der Waals surface area contributed by atoms with Crippen molar-refractivity contribution in [2.45, 2.75) is 6.92 Å². The molecule has 144 valence electrons. The quantitative estimate of drug-likeness (QED) is 0.446. The Kier molecular flexibility index (Phi) is 4.08. The van der Waals surface area contributed by atoms with Crippen molar-refractivity contribution in [1.29, 1.82) is 0 Å². The van der Waals surface area contributed by atoms with E-state index in [4.69, 9.17) is 0 Å². The fourth-order valence-corrected chi connectivity index (χ4v) is 3.33. The average Bonchev–Trinajstić information content (AvgIpc) is 3.12. The Morgan fingerprint density at radius 2 is 1.60 bits per heavy atom. The van der Waals surface area contributed by atoms with Gasteiger partial charge in [0.25, 0.3) is 0 Å². The van der Waals surface area contributed by atoms with Crippen molar-refractivity contribution in [2.75, 3.05) is 0 Å². The van der Waals surface area contributed by atoms with Gasteiger partial charge in [-0.1, -0.05) is 47.7 Å². The van der Waals surface area contributed by atoms with Crippen molar-refractivity contribution >= 4 is 16.6 Å². The number of aryl methyl sites for hydroxylation is 1. The molecule has 0 aliphatic rings. The summed E-state index contributed by atoms with van der Waals surface area (Å²) in [5.74, 6) is 6.24. The highest BCUT2D eigenvalue weighted by atomic mass is 16.2. The van der Waals surface area contributed by atoms with Gasteiger partial charge < -0.3 is 4.98 Å². The van der Waals surface area contributed by atoms with Crippen molar-refractivity contribution in [3.63, 3.8) is 0 Å². The number of H-pyrrole nitrogens is 1. The number of aromatic amines is 1. The second kappa shape index (κ2) is 6.90. The summed E-state index contributed by atoms with van der Waals surface area (Å²) in [6.45, 7) is 1.96. The Hall–Kier alpha value is -4.37. The molecule has 1 N–H and O–H groups in total. The molecule has 30 heavy (non-hydrogen) atoms. The number of hydrogen-bond acceptors (Lipinski definition) is 3. The SMILES string of the molecule is Cc1ccc(-n2nc3c4cc(C#Cc5ccccc5)ccc4[nH]c(=O)n3c2=O)cc1. The predicted molar refractivity (Wildman–Crippen MR) is 116 cm³/mol. The Morgan fingerprint density at radius 3 is 2.37 bits per heavy atom. The van der Waals surface area contributed by atoms with E-state index < -0.39 is 11.4 Å². The van der Waals surface area contributed by atoms with Gasteiger partial charge in [0.05, 0.1) is 11.2 Å². The van der Waals surface area contributed by atoms with Crippen molar-refractivity contribution < 1.29 is 0 Å². The van der Waals surface area contributed by atoms with E-state index in [2.05, 4.69) is 21.9 Å². The molecule has 2 aromatic heterocycles. The lowest BCUT2D eigenvalue weighted by Gasteiger charge is -2.00. The number of hydrogen-bond donors (Lipinski definition) is 1. The monoisotopic (exact) mass is 392 g/mol. The number of benzene rings is 3. The van der Waals surface area contributed by atoms with E-state index in [1.165, 1.54) is 4.68 Å². The Morgan fingerprint density at radius 1 is 0.867 bits per heavy atom. The molecular weight excluding hydrogens is 376 g/mol. The van der Waals surface area contributed by atoms with E-state index in [0.717, 1.165) is 21.1 Å². The van der Waals surface area contributed by atoms with Gasteiger partial charge in [-0.25, -0.2) is 9.59 Å². The lowest BCUT2D eigenvalue weighted by atomic mass is 10.1. The fraction of sp³-hybridized carbons (Fsp3) is 0.0417. The van der Waals surface area contributed by atoms with Gasteiger partial charge in [-0.05, 0) is 49.4 Å². The summed E-state index contributed by atoms with van der Waals surface area (Å²) in [5, 5.41) is 5.11. The minimum Gasteiger partial charge on any atom is -0.306 e. The Labute approximate surface area is 171 Å². The zero-order valence-corrected chi connectivity index (χ0v) is 16.1. The van der Waals surface area contributed by atoms with Crippen LogP contribution in [0.3, 0.4) is 0 Å². The van der Waals surface area contributed by atoms with Crippen LogP contribution in [-0.4, -0.2) is 19.2 Å². The minimum atomic E-state index is -0.524. The van der Waals surface area contributed by atoms with E-state index in [1.54, 1.807) is 18.2 Å². The lowest BCUT2D eigenvalue weighted by Crippen LogP contribution is -2.29. The van der Waals surface area contributed by atoms with Crippen LogP contribution >= 0.6 is 0 Å². The molecule has 0 unspecified atom stereocenters. The third-order valence-electron chi connectivity index (χ3n) is 4.89. The zero-order valence-electron chi connectivity index (χ0n) is 16.1. The van der Waals surface area contributed by atoms with Gasteiger partial charge in [-0.15, -0.1) is 5.10 Å². The molecule has 2 heterocycles. The van der Waals surface area contributed by atoms with Crippen molar-refractivity contribution in [1.82, 2.24) is 19.2 Å². The van der Waals surface area contributed by atoms with E-state index >= 15 is 0 Å². The summed E-state index contributed by atoms with van der Waals surface area (Å²) in [6, 6.07) is 22.5. The molecule has 0 saturated carbocycles. The van der Waals surface area contributed by atoms with Gasteiger partial charge in [0.1, 0.15) is 0 Å². The summed E-state index contributed by atoms with van der Waals surface area (Å²) < 4.78 is 2.29. The van der Waals surface area contributed by atoms with Crippen molar-refractivity contribution in [3.8, 4) is 17.5 Å². The molecule has 0 saturated heterocycles. The van der Waals surface area contributed by atoms with Crippen LogP contribution in [0.25, 0.3) is 22.2 Å². The smallest absolute Gasteiger partial charge is 0.306 e. The number of nitrogens with one attached hydrogen (secondary N) is 1. The van der Waals surface area contributed by atoms with Gasteiger partial charge in [-0.2, -0.15) is 9.08 Å². The van der Waals surface area contributed by atoms with Crippen molar-refractivity contribution in [3.05, 3.63) is 110 Å². The normalized spacial score (nSPS) is 10.8. The van der Waals surface area contributed by atoms with Gasteiger partial charge in [0, 0.05) is 16.5 Å². The highest BCUT2D eigenvalue weighted by Crippen LogP contribution is 2.17. The van der Waals surface area contributed by atoms with Crippen LogP contribution in [0.2, 0.25) is 0 Å². The van der Waals surface area contributed by atoms with Crippen molar-refractivity contribution in [2.24, 2.45) is 0 Å². The molecule has 0 aliphatic heterocycles. The maximum atomic E-state index is 12.9. The molecule has 6 nitrogen and oxygen atoms in total. The Balaban J connectivity index is 1.72. The summed E-state index contributed by atoms with van der Waals surface area (Å²) in [7, 11) is 0. The first-order valence-corrected chi connectivity index (χ1v) is 9.42. The molecular formula is C24H16N4O2. The highest BCUT2D eigenvalue weighted by Gasteiger charge is 2.15. The highest BCUT2D eigenvalue weighted by molar-refractivity contribution is 5.91. The van der Waals surface area contributed by atoms with Crippen LogP contribution < -0.4 is 11.4 Å². The summed E-state index contributed by atoms with van der Waals surface area (Å²) in [4.78, 5) is 28.2. The van der Waals surface area contributed by atoms with E-state index in [0.29, 0.717) is 22.2 Å². The third-order valence-corrected chi connectivity index (χ3v) is 4.89. The summed E-state index contributed by atoms with van der Waals surface area (Å²) >= 11 is 0. The molecule has 0 fully saturated rings. The maximum Gasteiger partial charge on any atom is 0.359 e. The summed E-state index contributed by atoms with van der Waals surface area (Å²) in [6.07, 6.45) is 0. The van der Waals surface area contributed by atoms with Crippen LogP contribution in [0.4, 0.5) is 0 Å². The first-order chi connectivity index (χ1) is 14.6. The van der Waals surface area contributed by atoms with E-state index in [1.807, 2.05) is 61.5 Å². The molecule has 0 amide bonds. The van der Waals surface area contributed by atoms with E-state index in [9.17, 15) is 9.59 Å². The largest absolute Gasteiger partial charge is 0.359 e. The fourth-order valence-electron chi connectivity index (χ4n) is 3.33. The molecule has 0 bridgehead atoms. The number of fused-ring (bicyclic) bond motifs is 3. The first kappa shape index (κ1) is 17.7. The second-order valence-electron chi connectivity index (χ2n) is 7.00. The number of nitrogens with zero attached hydrogens (tertiary/aromatic N) is 3. The molecule has 3 aromatic carbocycles. The van der Waals surface area contributed by atoms with E-state index in [-0.39, 0.29) is 0 Å². The molecule has 0 spiro atoms. The van der Waals surface area contributed by atoms with Crippen LogP contribution in [0.1, 0.15) is 16.7 Å². The predicted octanol–water partition coefficient (Wildman–Crippen LogP) is 3.03. The average molecular weight is 392 g/mol. The third kappa shape index (κ3) is 2.99. The van der Waals surface area contributed by atoms with Gasteiger partial charge in [0.2, 0.25) is 0 Å². The molecule has 5 aromatic rings. The lowest BCUT2D eigenvalue weighted by molar-refractivity contribution is 0.827. The molecule has 0 radical (unpaired) electrons. The van der Waals surface area contributed by atoms with Gasteiger partial charge in [-0.3, -0.25) is 0 Å². The van der Waals surface area contributed by atoms with Crippen LogP contribution in [0.5, 0.6) is 0 Å². The summed E-state index contributed by atoms with van der Waals surface area (Å²) in [5.41, 5.74) is 3.19. The van der Waals surface area contributed by atoms with Gasteiger partial charge >= 0.3 is 11.4 Å². The van der Waals surface area contributed by atoms with Crippen LogP contribution in [0.15, 0.2) is 82.4 Å². The second-order valence-corrected chi connectivity index (χ2v) is 7.00. The molecule has 5 rings (SSSR count). The molecule has 6 heteroatoms. The molecule has 0 aliphatic carbocycles.